The molecule has 14 heavy (non-hydrogen) atoms. The highest BCUT2D eigenvalue weighted by Crippen LogP contribution is 2.15. The SMILES string of the molecule is CCOC(=O)C(=[C][S])c1ccccc1. The molecule has 1 aromatic rings. The molecule has 0 amide bonds. The normalized spacial score (nSPS) is 11.1. The van der Waals surface area contributed by atoms with Gasteiger partial charge in [0.05, 0.1) is 17.6 Å². The van der Waals surface area contributed by atoms with Crippen molar-refractivity contribution in [3.63, 3.8) is 0 Å². The number of ether oxygens (including phenoxy) is 1. The van der Waals surface area contributed by atoms with Crippen LogP contribution in [0.15, 0.2) is 30.3 Å². The molecule has 0 N–H and O–H groups in total. The third kappa shape index (κ3) is 2.57. The fraction of sp³-hybridized carbons (Fsp3) is 0.182. The van der Waals surface area contributed by atoms with Crippen LogP contribution in [0.4, 0.5) is 0 Å². The Morgan fingerprint density at radius 1 is 1.43 bits per heavy atom. The van der Waals surface area contributed by atoms with Crippen LogP contribution in [0.5, 0.6) is 0 Å². The molecular weight excluding hydrogens is 196 g/mol. The minimum absolute atomic E-state index is 0.308. The van der Waals surface area contributed by atoms with Gasteiger partial charge in [0.2, 0.25) is 0 Å². The first-order valence-corrected chi connectivity index (χ1v) is 4.68. The van der Waals surface area contributed by atoms with Gasteiger partial charge in [-0.2, -0.15) is 0 Å². The predicted octanol–water partition coefficient (Wildman–Crippen LogP) is 2.59. The molecule has 72 valence electrons. The van der Waals surface area contributed by atoms with Crippen molar-refractivity contribution in [2.45, 2.75) is 6.92 Å². The van der Waals surface area contributed by atoms with E-state index in [0.717, 1.165) is 5.56 Å². The average Bonchev–Trinajstić information content (AvgIpc) is 2.21. The summed E-state index contributed by atoms with van der Waals surface area (Å²) < 4.78 is 4.84. The van der Waals surface area contributed by atoms with Crippen LogP contribution in [-0.2, 0) is 9.53 Å². The summed E-state index contributed by atoms with van der Waals surface area (Å²) in [5, 5.41) is 2.43. The van der Waals surface area contributed by atoms with Crippen LogP contribution in [0.3, 0.4) is 0 Å². The second-order valence-corrected chi connectivity index (χ2v) is 2.77. The van der Waals surface area contributed by atoms with Crippen molar-refractivity contribution in [3.8, 4) is 0 Å². The van der Waals surface area contributed by atoms with Crippen molar-refractivity contribution >= 4 is 24.2 Å². The largest absolute Gasteiger partial charge is 0.462 e. The van der Waals surface area contributed by atoms with Gasteiger partial charge in [-0.25, -0.2) is 4.79 Å². The summed E-state index contributed by atoms with van der Waals surface area (Å²) in [4.78, 5) is 11.4. The van der Waals surface area contributed by atoms with E-state index in [0.29, 0.717) is 12.2 Å². The Balaban J connectivity index is 2.89. The highest BCUT2D eigenvalue weighted by Gasteiger charge is 2.11. The predicted molar refractivity (Wildman–Crippen MR) is 57.3 cm³/mol. The lowest BCUT2D eigenvalue weighted by Crippen LogP contribution is -2.06. The van der Waals surface area contributed by atoms with Gasteiger partial charge in [0.25, 0.3) is 0 Å². The maximum Gasteiger partial charge on any atom is 0.340 e. The van der Waals surface area contributed by atoms with E-state index in [1.54, 1.807) is 19.1 Å². The van der Waals surface area contributed by atoms with E-state index >= 15 is 0 Å². The number of benzene rings is 1. The van der Waals surface area contributed by atoms with Gasteiger partial charge in [-0.05, 0) is 12.5 Å². The van der Waals surface area contributed by atoms with Crippen molar-refractivity contribution < 1.29 is 9.53 Å². The Bertz CT molecular complexity index is 330. The van der Waals surface area contributed by atoms with Crippen LogP contribution in [-0.4, -0.2) is 12.6 Å². The van der Waals surface area contributed by atoms with E-state index < -0.39 is 5.97 Å². The highest BCUT2D eigenvalue weighted by molar-refractivity contribution is 7.82. The first kappa shape index (κ1) is 10.7. The second-order valence-electron chi connectivity index (χ2n) is 2.56. The maximum absolute atomic E-state index is 11.4. The smallest absolute Gasteiger partial charge is 0.340 e. The molecule has 0 unspecified atom stereocenters. The van der Waals surface area contributed by atoms with Crippen LogP contribution >= 0.6 is 12.6 Å². The van der Waals surface area contributed by atoms with E-state index in [2.05, 4.69) is 18.0 Å². The Morgan fingerprint density at radius 3 is 2.57 bits per heavy atom. The molecule has 0 saturated carbocycles. The molecule has 1 aromatic carbocycles. The van der Waals surface area contributed by atoms with Crippen molar-refractivity contribution in [1.29, 1.82) is 0 Å². The number of rotatable bonds is 3. The highest BCUT2D eigenvalue weighted by atomic mass is 32.1. The molecule has 3 heteroatoms. The van der Waals surface area contributed by atoms with Crippen LogP contribution < -0.4 is 0 Å². The quantitative estimate of drug-likeness (QED) is 0.561. The number of hydrogen-bond acceptors (Lipinski definition) is 2. The zero-order valence-electron chi connectivity index (χ0n) is 7.82. The summed E-state index contributed by atoms with van der Waals surface area (Å²) >= 11 is 4.66. The monoisotopic (exact) mass is 206 g/mol. The van der Waals surface area contributed by atoms with Gasteiger partial charge in [0.1, 0.15) is 0 Å². The number of esters is 1. The van der Waals surface area contributed by atoms with Crippen LogP contribution in [0.25, 0.3) is 5.57 Å². The molecule has 0 bridgehead atoms. The minimum Gasteiger partial charge on any atom is -0.462 e. The van der Waals surface area contributed by atoms with E-state index in [1.807, 2.05) is 18.2 Å². The Morgan fingerprint density at radius 2 is 2.07 bits per heavy atom. The van der Waals surface area contributed by atoms with E-state index in [4.69, 9.17) is 4.74 Å². The van der Waals surface area contributed by atoms with Gasteiger partial charge in [0, 0.05) is 0 Å². The van der Waals surface area contributed by atoms with Gasteiger partial charge in [-0.1, -0.05) is 43.0 Å². The van der Waals surface area contributed by atoms with Crippen LogP contribution in [0.1, 0.15) is 12.5 Å². The third-order valence-corrected chi connectivity index (χ3v) is 1.85. The molecule has 0 heterocycles. The fourth-order valence-electron chi connectivity index (χ4n) is 1.03. The molecule has 1 rings (SSSR count). The van der Waals surface area contributed by atoms with Gasteiger partial charge < -0.3 is 4.74 Å². The molecule has 0 saturated heterocycles. The molecule has 0 spiro atoms. The molecule has 0 aliphatic heterocycles. The summed E-state index contributed by atoms with van der Waals surface area (Å²) in [6.45, 7) is 2.09. The topological polar surface area (TPSA) is 26.3 Å². The third-order valence-electron chi connectivity index (χ3n) is 1.64. The van der Waals surface area contributed by atoms with Crippen molar-refractivity contribution in [2.24, 2.45) is 0 Å². The molecular formula is C11H10O2S. The molecule has 0 atom stereocenters. The lowest BCUT2D eigenvalue weighted by atomic mass is 10.1. The molecule has 0 aromatic heterocycles. The van der Waals surface area contributed by atoms with Gasteiger partial charge >= 0.3 is 5.97 Å². The number of hydrogen-bond donors (Lipinski definition) is 0. The van der Waals surface area contributed by atoms with Gasteiger partial charge in [-0.3, -0.25) is 0 Å². The molecule has 0 aliphatic carbocycles. The van der Waals surface area contributed by atoms with Crippen molar-refractivity contribution in [1.82, 2.24) is 0 Å². The number of carbonyl (C=O) groups excluding carboxylic acids is 1. The second kappa shape index (κ2) is 5.40. The minimum atomic E-state index is -0.422. The first-order chi connectivity index (χ1) is 6.79. The summed E-state index contributed by atoms with van der Waals surface area (Å²) in [6, 6.07) is 9.13. The summed E-state index contributed by atoms with van der Waals surface area (Å²) in [7, 11) is 0. The van der Waals surface area contributed by atoms with Crippen LogP contribution in [0, 0.1) is 5.41 Å². The molecule has 0 aliphatic rings. The Labute approximate surface area is 89.0 Å². The molecule has 2 nitrogen and oxygen atoms in total. The van der Waals surface area contributed by atoms with Crippen LogP contribution in [0.2, 0.25) is 0 Å². The standard InChI is InChI=1S/C11H10O2S/c1-2-13-11(12)10(8-14)9-6-4-3-5-7-9/h3-7H,2H2,1H3. The zero-order chi connectivity index (χ0) is 10.4. The molecule has 0 fully saturated rings. The summed E-state index contributed by atoms with van der Waals surface area (Å²) in [5.74, 6) is -0.422. The average molecular weight is 206 g/mol. The lowest BCUT2D eigenvalue weighted by molar-refractivity contribution is -0.136. The fourth-order valence-corrected chi connectivity index (χ4v) is 1.23. The van der Waals surface area contributed by atoms with Gasteiger partial charge in [0.15, 0.2) is 0 Å². The van der Waals surface area contributed by atoms with Crippen molar-refractivity contribution in [2.75, 3.05) is 6.61 Å². The van der Waals surface area contributed by atoms with E-state index in [1.165, 1.54) is 0 Å². The Kier molecular flexibility index (Phi) is 4.13. The van der Waals surface area contributed by atoms with Gasteiger partial charge in [-0.15, -0.1) is 0 Å². The number of carbonyl (C=O) groups is 1. The van der Waals surface area contributed by atoms with E-state index in [-0.39, 0.29) is 0 Å². The van der Waals surface area contributed by atoms with E-state index in [9.17, 15) is 4.79 Å². The van der Waals surface area contributed by atoms with Crippen molar-refractivity contribution in [3.05, 3.63) is 41.3 Å². The lowest BCUT2D eigenvalue weighted by Gasteiger charge is -2.04. The maximum atomic E-state index is 11.4. The summed E-state index contributed by atoms with van der Waals surface area (Å²) in [5.41, 5.74) is 1.04. The molecule has 2 radical (unpaired) electrons. The first-order valence-electron chi connectivity index (χ1n) is 4.27. The zero-order valence-corrected chi connectivity index (χ0v) is 8.64. The summed E-state index contributed by atoms with van der Waals surface area (Å²) in [6.07, 6.45) is 0. The Hall–Kier alpha value is -1.35.